The van der Waals surface area contributed by atoms with Gasteiger partial charge in [0.25, 0.3) is 0 Å². The van der Waals surface area contributed by atoms with Crippen LogP contribution in [0.15, 0.2) is 30.3 Å². The van der Waals surface area contributed by atoms with Crippen molar-refractivity contribution in [3.63, 3.8) is 0 Å². The van der Waals surface area contributed by atoms with Crippen molar-refractivity contribution in [3.05, 3.63) is 35.9 Å². The van der Waals surface area contributed by atoms with Gasteiger partial charge in [0.05, 0.1) is 11.8 Å². The lowest BCUT2D eigenvalue weighted by molar-refractivity contribution is -0.130. The van der Waals surface area contributed by atoms with E-state index in [1.807, 2.05) is 6.07 Å². The zero-order chi connectivity index (χ0) is 13.8. The smallest absolute Gasteiger partial charge is 0.239 e. The van der Waals surface area contributed by atoms with E-state index in [2.05, 4.69) is 4.72 Å². The Labute approximate surface area is 108 Å². The third kappa shape index (κ3) is 4.46. The largest absolute Gasteiger partial charge is 0.347 e. The Balaban J connectivity index is 2.69. The van der Waals surface area contributed by atoms with Gasteiger partial charge in [0.1, 0.15) is 0 Å². The van der Waals surface area contributed by atoms with E-state index >= 15 is 0 Å². The van der Waals surface area contributed by atoms with Gasteiger partial charge in [0.2, 0.25) is 15.9 Å². The predicted octanol–water partition coefficient (Wildman–Crippen LogP) is 0.583. The lowest BCUT2D eigenvalue weighted by Crippen LogP contribution is -2.44. The van der Waals surface area contributed by atoms with E-state index in [1.54, 1.807) is 38.4 Å². The van der Waals surface area contributed by atoms with Crippen LogP contribution in [-0.4, -0.2) is 39.4 Å². The summed E-state index contributed by atoms with van der Waals surface area (Å²) in [7, 11) is -0.335. The highest BCUT2D eigenvalue weighted by atomic mass is 32.2. The molecule has 0 aliphatic carbocycles. The van der Waals surface area contributed by atoms with Crippen molar-refractivity contribution in [1.82, 2.24) is 9.62 Å². The van der Waals surface area contributed by atoms with Gasteiger partial charge < -0.3 is 4.90 Å². The second kappa shape index (κ2) is 5.97. The third-order valence-electron chi connectivity index (χ3n) is 2.37. The van der Waals surface area contributed by atoms with Crippen molar-refractivity contribution in [2.75, 3.05) is 14.1 Å². The van der Waals surface area contributed by atoms with Crippen molar-refractivity contribution in [3.8, 4) is 0 Å². The van der Waals surface area contributed by atoms with Crippen LogP contribution in [0, 0.1) is 0 Å². The molecular weight excluding hydrogens is 252 g/mol. The van der Waals surface area contributed by atoms with Gasteiger partial charge in [0, 0.05) is 14.1 Å². The van der Waals surface area contributed by atoms with Crippen LogP contribution in [0.3, 0.4) is 0 Å². The normalized spacial score (nSPS) is 13.1. The van der Waals surface area contributed by atoms with Crippen molar-refractivity contribution in [1.29, 1.82) is 0 Å². The molecule has 0 spiro atoms. The molecule has 0 bridgehead atoms. The summed E-state index contributed by atoms with van der Waals surface area (Å²) >= 11 is 0. The number of hydrogen-bond acceptors (Lipinski definition) is 3. The van der Waals surface area contributed by atoms with Crippen LogP contribution in [-0.2, 0) is 20.6 Å². The summed E-state index contributed by atoms with van der Waals surface area (Å²) in [5, 5.41) is 0. The van der Waals surface area contributed by atoms with Crippen molar-refractivity contribution >= 4 is 15.9 Å². The molecule has 0 aromatic heterocycles. The first-order chi connectivity index (χ1) is 8.32. The van der Waals surface area contributed by atoms with Crippen LogP contribution in [0.2, 0.25) is 0 Å². The maximum atomic E-state index is 11.9. The maximum Gasteiger partial charge on any atom is 0.239 e. The second-order valence-electron chi connectivity index (χ2n) is 4.32. The lowest BCUT2D eigenvalue weighted by Gasteiger charge is -2.18. The van der Waals surface area contributed by atoms with E-state index in [1.165, 1.54) is 11.8 Å². The quantitative estimate of drug-likeness (QED) is 0.851. The highest BCUT2D eigenvalue weighted by Crippen LogP contribution is 2.05. The van der Waals surface area contributed by atoms with E-state index < -0.39 is 16.1 Å². The molecule has 0 aliphatic heterocycles. The number of hydrogen-bond donors (Lipinski definition) is 1. The number of benzene rings is 1. The van der Waals surface area contributed by atoms with Gasteiger partial charge in [-0.1, -0.05) is 30.3 Å². The number of nitrogens with zero attached hydrogens (tertiary/aromatic N) is 1. The minimum Gasteiger partial charge on any atom is -0.347 e. The summed E-state index contributed by atoms with van der Waals surface area (Å²) in [6.07, 6.45) is 0. The Morgan fingerprint density at radius 2 is 1.83 bits per heavy atom. The monoisotopic (exact) mass is 270 g/mol. The average molecular weight is 270 g/mol. The third-order valence-corrected chi connectivity index (χ3v) is 3.79. The lowest BCUT2D eigenvalue weighted by atomic mass is 10.2. The molecular formula is C12H18N2O3S. The molecule has 0 aliphatic rings. The van der Waals surface area contributed by atoms with E-state index in [-0.39, 0.29) is 11.7 Å². The molecule has 6 heteroatoms. The fraction of sp³-hybridized carbons (Fsp3) is 0.417. The minimum atomic E-state index is -3.51. The molecule has 1 rings (SSSR count). The number of amides is 1. The Morgan fingerprint density at radius 1 is 1.28 bits per heavy atom. The van der Waals surface area contributed by atoms with Gasteiger partial charge in [-0.05, 0) is 12.5 Å². The number of rotatable bonds is 5. The summed E-state index contributed by atoms with van der Waals surface area (Å²) in [5.41, 5.74) is 0.689. The van der Waals surface area contributed by atoms with E-state index in [9.17, 15) is 13.2 Å². The molecule has 5 nitrogen and oxygen atoms in total. The van der Waals surface area contributed by atoms with Crippen molar-refractivity contribution < 1.29 is 13.2 Å². The van der Waals surface area contributed by atoms with E-state index in [0.717, 1.165) is 0 Å². The number of carbonyl (C=O) groups is 1. The van der Waals surface area contributed by atoms with Crippen LogP contribution >= 0.6 is 0 Å². The topological polar surface area (TPSA) is 66.5 Å². The minimum absolute atomic E-state index is 0.126. The number of carbonyl (C=O) groups excluding carboxylic acids is 1. The zero-order valence-electron chi connectivity index (χ0n) is 10.8. The second-order valence-corrected chi connectivity index (χ2v) is 6.07. The van der Waals surface area contributed by atoms with E-state index in [0.29, 0.717) is 5.56 Å². The zero-order valence-corrected chi connectivity index (χ0v) is 11.6. The summed E-state index contributed by atoms with van der Waals surface area (Å²) in [4.78, 5) is 12.9. The van der Waals surface area contributed by atoms with Gasteiger partial charge >= 0.3 is 0 Å². The molecule has 0 saturated heterocycles. The van der Waals surface area contributed by atoms with Crippen LogP contribution in [0.4, 0.5) is 0 Å². The van der Waals surface area contributed by atoms with Gasteiger partial charge in [-0.15, -0.1) is 0 Å². The number of sulfonamides is 1. The van der Waals surface area contributed by atoms with Crippen LogP contribution in [0.1, 0.15) is 12.5 Å². The van der Waals surface area contributed by atoms with Gasteiger partial charge in [0.15, 0.2) is 0 Å². The molecule has 1 aromatic carbocycles. The Kier molecular flexibility index (Phi) is 4.86. The van der Waals surface area contributed by atoms with Gasteiger partial charge in [-0.2, -0.15) is 0 Å². The fourth-order valence-corrected chi connectivity index (χ4v) is 2.90. The maximum absolute atomic E-state index is 11.9. The molecule has 0 saturated carbocycles. The number of nitrogens with one attached hydrogen (secondary N) is 1. The molecule has 1 unspecified atom stereocenters. The molecule has 0 heterocycles. The Morgan fingerprint density at radius 3 is 2.33 bits per heavy atom. The highest BCUT2D eigenvalue weighted by Gasteiger charge is 2.21. The molecule has 1 atom stereocenters. The Hall–Kier alpha value is -1.40. The Bertz CT molecular complexity index is 497. The summed E-state index contributed by atoms with van der Waals surface area (Å²) in [5.74, 6) is -0.398. The van der Waals surface area contributed by atoms with E-state index in [4.69, 9.17) is 0 Å². The molecule has 1 N–H and O–H groups in total. The first-order valence-electron chi connectivity index (χ1n) is 5.57. The van der Waals surface area contributed by atoms with Crippen molar-refractivity contribution in [2.24, 2.45) is 0 Å². The first-order valence-corrected chi connectivity index (χ1v) is 7.22. The molecule has 1 aromatic rings. The molecule has 18 heavy (non-hydrogen) atoms. The van der Waals surface area contributed by atoms with Crippen LogP contribution in [0.5, 0.6) is 0 Å². The molecule has 0 radical (unpaired) electrons. The average Bonchev–Trinajstić information content (AvgIpc) is 2.27. The summed E-state index contributed by atoms with van der Waals surface area (Å²) in [6.45, 7) is 1.53. The predicted molar refractivity (Wildman–Crippen MR) is 70.4 cm³/mol. The highest BCUT2D eigenvalue weighted by molar-refractivity contribution is 7.88. The molecule has 0 fully saturated rings. The van der Waals surface area contributed by atoms with Crippen LogP contribution < -0.4 is 4.72 Å². The molecule has 1 amide bonds. The summed E-state index contributed by atoms with van der Waals surface area (Å²) in [6, 6.07) is 8.09. The number of likely N-dealkylation sites (N-methyl/N-ethyl adjacent to an activating group) is 1. The van der Waals surface area contributed by atoms with Crippen LogP contribution in [0.25, 0.3) is 0 Å². The van der Waals surface area contributed by atoms with Gasteiger partial charge in [-0.3, -0.25) is 4.79 Å². The van der Waals surface area contributed by atoms with Gasteiger partial charge in [-0.25, -0.2) is 13.1 Å². The summed E-state index contributed by atoms with van der Waals surface area (Å²) < 4.78 is 26.1. The standard InChI is InChI=1S/C12H18N2O3S/c1-10(12(15)14(2)3)13-18(16,17)9-11-7-5-4-6-8-11/h4-8,10,13H,9H2,1-3H3. The first kappa shape index (κ1) is 14.7. The molecule has 100 valence electrons. The van der Waals surface area contributed by atoms with Crippen molar-refractivity contribution in [2.45, 2.75) is 18.7 Å². The SMILES string of the molecule is CC(NS(=O)(=O)Cc1ccccc1)C(=O)N(C)C. The fourth-order valence-electron chi connectivity index (χ4n) is 1.54.